The van der Waals surface area contributed by atoms with Crippen LogP contribution in [-0.2, 0) is 0 Å². The number of benzene rings is 3. The third-order valence-electron chi connectivity index (χ3n) is 4.44. The average Bonchev–Trinajstić information content (AvgIpc) is 3.37. The summed E-state index contributed by atoms with van der Waals surface area (Å²) in [6.45, 7) is 0.276. The maximum atomic E-state index is 5.86. The zero-order valence-electron chi connectivity index (χ0n) is 15.2. The standard InChI is InChI=1S/C23H15BrN2O3/c24-17-5-1-4-16(12-17)23-26-19-13-18(7-9-20(19)29-23)25-10-2-3-15-6-8-21-22(11-15)28-14-27-21/h1-13H,14H2/b3-2+,25-10?. The van der Waals surface area contributed by atoms with E-state index in [9.17, 15) is 0 Å². The van der Waals surface area contributed by atoms with Gasteiger partial charge in [-0.1, -0.05) is 34.1 Å². The number of aliphatic imine (C=N–C) groups is 1. The lowest BCUT2D eigenvalue weighted by atomic mass is 10.2. The van der Waals surface area contributed by atoms with Gasteiger partial charge in [-0.15, -0.1) is 0 Å². The number of hydrogen-bond acceptors (Lipinski definition) is 5. The van der Waals surface area contributed by atoms with Crippen LogP contribution in [0.25, 0.3) is 28.6 Å². The van der Waals surface area contributed by atoms with Gasteiger partial charge in [0.1, 0.15) is 5.52 Å². The fourth-order valence-electron chi connectivity index (χ4n) is 3.04. The van der Waals surface area contributed by atoms with Crippen molar-refractivity contribution in [1.82, 2.24) is 4.98 Å². The zero-order valence-corrected chi connectivity index (χ0v) is 16.8. The summed E-state index contributed by atoms with van der Waals surface area (Å²) in [5, 5.41) is 0. The summed E-state index contributed by atoms with van der Waals surface area (Å²) in [4.78, 5) is 9.07. The number of oxazole rings is 1. The minimum Gasteiger partial charge on any atom is -0.454 e. The molecule has 2 heterocycles. The van der Waals surface area contributed by atoms with Crippen LogP contribution in [0, 0.1) is 0 Å². The Balaban J connectivity index is 1.34. The van der Waals surface area contributed by atoms with Crippen LogP contribution in [0.4, 0.5) is 5.69 Å². The molecule has 0 saturated heterocycles. The van der Waals surface area contributed by atoms with E-state index >= 15 is 0 Å². The third kappa shape index (κ3) is 3.79. The Morgan fingerprint density at radius 1 is 0.966 bits per heavy atom. The van der Waals surface area contributed by atoms with Gasteiger partial charge in [0.25, 0.3) is 0 Å². The molecule has 0 radical (unpaired) electrons. The molecule has 6 heteroatoms. The number of aromatic nitrogens is 1. The van der Waals surface area contributed by atoms with Crippen LogP contribution in [0.15, 0.2) is 80.6 Å². The van der Waals surface area contributed by atoms with Gasteiger partial charge in [-0.2, -0.15) is 0 Å². The Hall–Kier alpha value is -3.38. The molecule has 1 aliphatic rings. The molecular weight excluding hydrogens is 432 g/mol. The van der Waals surface area contributed by atoms with Gasteiger partial charge in [0.15, 0.2) is 17.1 Å². The summed E-state index contributed by atoms with van der Waals surface area (Å²) < 4.78 is 17.6. The van der Waals surface area contributed by atoms with Crippen LogP contribution in [0.1, 0.15) is 5.56 Å². The first-order valence-electron chi connectivity index (χ1n) is 9.01. The fraction of sp³-hybridized carbons (Fsp3) is 0.0435. The second-order valence-corrected chi connectivity index (χ2v) is 7.35. The van der Waals surface area contributed by atoms with Crippen molar-refractivity contribution in [3.8, 4) is 23.0 Å². The van der Waals surface area contributed by atoms with Gasteiger partial charge < -0.3 is 13.9 Å². The average molecular weight is 447 g/mol. The van der Waals surface area contributed by atoms with Gasteiger partial charge in [-0.25, -0.2) is 4.98 Å². The molecule has 0 N–H and O–H groups in total. The van der Waals surface area contributed by atoms with Crippen molar-refractivity contribution >= 4 is 45.0 Å². The Morgan fingerprint density at radius 3 is 2.83 bits per heavy atom. The molecule has 0 fully saturated rings. The van der Waals surface area contributed by atoms with Crippen molar-refractivity contribution < 1.29 is 13.9 Å². The molecule has 0 spiro atoms. The maximum absolute atomic E-state index is 5.86. The smallest absolute Gasteiger partial charge is 0.231 e. The Kier molecular flexibility index (Phi) is 4.62. The van der Waals surface area contributed by atoms with Gasteiger partial charge in [-0.3, -0.25) is 4.99 Å². The number of fused-ring (bicyclic) bond motifs is 2. The van der Waals surface area contributed by atoms with Crippen molar-refractivity contribution in [1.29, 1.82) is 0 Å². The van der Waals surface area contributed by atoms with Crippen LogP contribution in [-0.4, -0.2) is 18.0 Å². The van der Waals surface area contributed by atoms with Crippen molar-refractivity contribution in [2.24, 2.45) is 4.99 Å². The number of ether oxygens (including phenoxy) is 2. The molecule has 1 aliphatic heterocycles. The molecule has 142 valence electrons. The molecule has 0 unspecified atom stereocenters. The van der Waals surface area contributed by atoms with E-state index in [1.807, 2.05) is 72.8 Å². The molecule has 0 atom stereocenters. The first-order chi connectivity index (χ1) is 14.2. The molecule has 0 amide bonds. The lowest BCUT2D eigenvalue weighted by Crippen LogP contribution is -1.92. The van der Waals surface area contributed by atoms with E-state index < -0.39 is 0 Å². The summed E-state index contributed by atoms with van der Waals surface area (Å²) in [5.74, 6) is 2.13. The van der Waals surface area contributed by atoms with E-state index in [-0.39, 0.29) is 6.79 Å². The molecule has 5 rings (SSSR count). The van der Waals surface area contributed by atoms with Crippen LogP contribution in [0.2, 0.25) is 0 Å². The molecule has 0 aliphatic carbocycles. The molecule has 3 aromatic carbocycles. The fourth-order valence-corrected chi connectivity index (χ4v) is 3.44. The summed E-state index contributed by atoms with van der Waals surface area (Å²) in [5.41, 5.74) is 4.25. The highest BCUT2D eigenvalue weighted by atomic mass is 79.9. The maximum Gasteiger partial charge on any atom is 0.231 e. The monoisotopic (exact) mass is 446 g/mol. The summed E-state index contributed by atoms with van der Waals surface area (Å²) in [7, 11) is 0. The summed E-state index contributed by atoms with van der Waals surface area (Å²) in [6, 6.07) is 19.4. The normalized spacial score (nSPS) is 13.1. The third-order valence-corrected chi connectivity index (χ3v) is 4.93. The van der Waals surface area contributed by atoms with E-state index in [1.54, 1.807) is 6.21 Å². The predicted octanol–water partition coefficient (Wildman–Crippen LogP) is 6.40. The Labute approximate surface area is 175 Å². The minimum absolute atomic E-state index is 0.276. The van der Waals surface area contributed by atoms with Crippen molar-refractivity contribution in [2.45, 2.75) is 0 Å². The lowest BCUT2D eigenvalue weighted by molar-refractivity contribution is 0.174. The van der Waals surface area contributed by atoms with Gasteiger partial charge in [-0.05, 0) is 60.2 Å². The molecular formula is C23H15BrN2O3. The first kappa shape index (κ1) is 17.7. The van der Waals surface area contributed by atoms with Crippen molar-refractivity contribution in [2.75, 3.05) is 6.79 Å². The molecule has 4 aromatic rings. The molecule has 0 saturated carbocycles. The van der Waals surface area contributed by atoms with E-state index in [0.29, 0.717) is 5.89 Å². The minimum atomic E-state index is 0.276. The predicted molar refractivity (Wildman–Crippen MR) is 117 cm³/mol. The molecule has 1 aromatic heterocycles. The van der Waals surface area contributed by atoms with Crippen LogP contribution in [0.5, 0.6) is 11.5 Å². The van der Waals surface area contributed by atoms with E-state index in [2.05, 4.69) is 25.9 Å². The van der Waals surface area contributed by atoms with Crippen LogP contribution >= 0.6 is 15.9 Å². The Morgan fingerprint density at radius 2 is 1.90 bits per heavy atom. The van der Waals surface area contributed by atoms with Gasteiger partial charge in [0.05, 0.1) is 5.69 Å². The molecule has 5 nitrogen and oxygen atoms in total. The van der Waals surface area contributed by atoms with E-state index in [1.165, 1.54) is 0 Å². The SMILES string of the molecule is Brc1cccc(-c2nc3cc(N=C/C=C/c4ccc5c(c4)OCO5)ccc3o2)c1. The van der Waals surface area contributed by atoms with Gasteiger partial charge in [0.2, 0.25) is 12.7 Å². The van der Waals surface area contributed by atoms with Crippen LogP contribution < -0.4 is 9.47 Å². The number of nitrogens with zero attached hydrogens (tertiary/aromatic N) is 2. The summed E-state index contributed by atoms with van der Waals surface area (Å²) in [6.07, 6.45) is 5.60. The molecule has 0 bridgehead atoms. The summed E-state index contributed by atoms with van der Waals surface area (Å²) >= 11 is 3.47. The largest absolute Gasteiger partial charge is 0.454 e. The molecule has 29 heavy (non-hydrogen) atoms. The topological polar surface area (TPSA) is 56.9 Å². The van der Waals surface area contributed by atoms with Crippen molar-refractivity contribution in [3.05, 3.63) is 76.8 Å². The van der Waals surface area contributed by atoms with E-state index in [4.69, 9.17) is 13.9 Å². The number of rotatable bonds is 4. The van der Waals surface area contributed by atoms with Crippen molar-refractivity contribution in [3.63, 3.8) is 0 Å². The zero-order chi connectivity index (χ0) is 19.6. The van der Waals surface area contributed by atoms with Gasteiger partial charge >= 0.3 is 0 Å². The van der Waals surface area contributed by atoms with Crippen LogP contribution in [0.3, 0.4) is 0 Å². The van der Waals surface area contributed by atoms with Gasteiger partial charge in [0, 0.05) is 16.3 Å². The van der Waals surface area contributed by atoms with E-state index in [0.717, 1.165) is 43.9 Å². The highest BCUT2D eigenvalue weighted by molar-refractivity contribution is 9.10. The second-order valence-electron chi connectivity index (χ2n) is 6.43. The second kappa shape index (κ2) is 7.56. The lowest BCUT2D eigenvalue weighted by Gasteiger charge is -1.96. The number of allylic oxidation sites excluding steroid dienone is 1. The first-order valence-corrected chi connectivity index (χ1v) is 9.81. The number of halogens is 1. The Bertz CT molecular complexity index is 1260. The highest BCUT2D eigenvalue weighted by Gasteiger charge is 2.12. The quantitative estimate of drug-likeness (QED) is 0.340. The number of hydrogen-bond donors (Lipinski definition) is 0. The highest BCUT2D eigenvalue weighted by Crippen LogP contribution is 2.33.